The van der Waals surface area contributed by atoms with Crippen LogP contribution in [-0.2, 0) is 11.8 Å². The van der Waals surface area contributed by atoms with E-state index in [9.17, 15) is 9.59 Å². The van der Waals surface area contributed by atoms with Gasteiger partial charge < -0.3 is 9.88 Å². The largest absolute Gasteiger partial charge is 0.333 e. The van der Waals surface area contributed by atoms with E-state index in [1.807, 2.05) is 40.0 Å². The van der Waals surface area contributed by atoms with Crippen LogP contribution in [0.2, 0.25) is 0 Å². The Morgan fingerprint density at radius 3 is 2.50 bits per heavy atom. The van der Waals surface area contributed by atoms with Gasteiger partial charge in [0.05, 0.1) is 5.75 Å². The maximum absolute atomic E-state index is 11.8. The van der Waals surface area contributed by atoms with Crippen LogP contribution in [0, 0.1) is 0 Å². The van der Waals surface area contributed by atoms with Gasteiger partial charge in [-0.1, -0.05) is 11.8 Å². The smallest absolute Gasteiger partial charge is 0.321 e. The lowest BCUT2D eigenvalue weighted by atomic mass is 10.1. The van der Waals surface area contributed by atoms with Gasteiger partial charge in [0, 0.05) is 30.5 Å². The lowest BCUT2D eigenvalue weighted by Gasteiger charge is -2.20. The number of pyridine rings is 1. The van der Waals surface area contributed by atoms with Gasteiger partial charge in [-0.05, 0) is 32.9 Å². The SMILES string of the molecule is Cn1c(SCC(=O)NC(=O)NC(C)(C)C)nnc1-c1ccncc1. The second-order valence-corrected chi connectivity index (χ2v) is 7.08. The first-order chi connectivity index (χ1) is 11.3. The normalized spacial score (nSPS) is 11.2. The summed E-state index contributed by atoms with van der Waals surface area (Å²) in [6, 6.07) is 3.16. The Hall–Kier alpha value is -2.42. The van der Waals surface area contributed by atoms with Gasteiger partial charge in [-0.15, -0.1) is 10.2 Å². The van der Waals surface area contributed by atoms with Crippen molar-refractivity contribution in [3.05, 3.63) is 24.5 Å². The molecular weight excluding hydrogens is 328 g/mol. The first kappa shape index (κ1) is 17.9. The highest BCUT2D eigenvalue weighted by Gasteiger charge is 2.17. The predicted octanol–water partition coefficient (Wildman–Crippen LogP) is 1.59. The molecule has 2 N–H and O–H groups in total. The number of imide groups is 1. The molecule has 0 aliphatic rings. The van der Waals surface area contributed by atoms with Crippen molar-refractivity contribution < 1.29 is 9.59 Å². The highest BCUT2D eigenvalue weighted by molar-refractivity contribution is 7.99. The molecular formula is C15H20N6O2S. The van der Waals surface area contributed by atoms with Crippen LogP contribution in [0.5, 0.6) is 0 Å². The van der Waals surface area contributed by atoms with E-state index >= 15 is 0 Å². The predicted molar refractivity (Wildman–Crippen MR) is 91.4 cm³/mol. The van der Waals surface area contributed by atoms with Crippen LogP contribution in [0.15, 0.2) is 29.7 Å². The third-order valence-corrected chi connectivity index (χ3v) is 3.87. The molecule has 3 amide bonds. The van der Waals surface area contributed by atoms with Gasteiger partial charge in [0.2, 0.25) is 5.91 Å². The topological polar surface area (TPSA) is 102 Å². The summed E-state index contributed by atoms with van der Waals surface area (Å²) in [5, 5.41) is 13.8. The molecule has 24 heavy (non-hydrogen) atoms. The summed E-state index contributed by atoms with van der Waals surface area (Å²) in [5.74, 6) is 0.362. The maximum atomic E-state index is 11.8. The van der Waals surface area contributed by atoms with E-state index in [4.69, 9.17) is 0 Å². The number of carbonyl (C=O) groups excluding carboxylic acids is 2. The van der Waals surface area contributed by atoms with Crippen LogP contribution in [-0.4, -0.2) is 43.0 Å². The third kappa shape index (κ3) is 5.05. The van der Waals surface area contributed by atoms with Crippen LogP contribution < -0.4 is 10.6 Å². The molecule has 0 saturated heterocycles. The van der Waals surface area contributed by atoms with E-state index in [1.165, 1.54) is 11.8 Å². The number of aromatic nitrogens is 4. The summed E-state index contributed by atoms with van der Waals surface area (Å²) in [7, 11) is 1.82. The molecule has 0 aliphatic carbocycles. The van der Waals surface area contributed by atoms with Crippen LogP contribution >= 0.6 is 11.8 Å². The zero-order valence-electron chi connectivity index (χ0n) is 14.0. The third-order valence-electron chi connectivity index (χ3n) is 2.85. The van der Waals surface area contributed by atoms with Gasteiger partial charge in [0.15, 0.2) is 11.0 Å². The number of hydrogen-bond donors (Lipinski definition) is 2. The van der Waals surface area contributed by atoms with E-state index in [0.29, 0.717) is 11.0 Å². The summed E-state index contributed by atoms with van der Waals surface area (Å²) >= 11 is 1.21. The molecule has 0 aliphatic heterocycles. The molecule has 0 unspecified atom stereocenters. The van der Waals surface area contributed by atoms with Crippen molar-refractivity contribution in [2.45, 2.75) is 31.5 Å². The van der Waals surface area contributed by atoms with E-state index in [-0.39, 0.29) is 5.75 Å². The lowest BCUT2D eigenvalue weighted by molar-refractivity contribution is -0.117. The minimum Gasteiger partial charge on any atom is -0.333 e. The number of thioether (sulfide) groups is 1. The molecule has 0 spiro atoms. The monoisotopic (exact) mass is 348 g/mol. The summed E-state index contributed by atoms with van der Waals surface area (Å²) in [5.41, 5.74) is 0.487. The van der Waals surface area contributed by atoms with Crippen molar-refractivity contribution in [3.63, 3.8) is 0 Å². The Morgan fingerprint density at radius 1 is 1.21 bits per heavy atom. The van der Waals surface area contributed by atoms with E-state index in [2.05, 4.69) is 25.8 Å². The van der Waals surface area contributed by atoms with Crippen LogP contribution in [0.1, 0.15) is 20.8 Å². The summed E-state index contributed by atoms with van der Waals surface area (Å²) in [6.45, 7) is 5.52. The molecule has 2 aromatic heterocycles. The van der Waals surface area contributed by atoms with E-state index in [0.717, 1.165) is 5.56 Å². The van der Waals surface area contributed by atoms with Gasteiger partial charge in [0.1, 0.15) is 0 Å². The molecule has 0 atom stereocenters. The Kier molecular flexibility index (Phi) is 5.55. The van der Waals surface area contributed by atoms with Crippen molar-refractivity contribution in [2.75, 3.05) is 5.75 Å². The molecule has 128 valence electrons. The average molecular weight is 348 g/mol. The fourth-order valence-corrected chi connectivity index (χ4v) is 2.57. The minimum absolute atomic E-state index is 0.0693. The van der Waals surface area contributed by atoms with E-state index < -0.39 is 17.5 Å². The number of carbonyl (C=O) groups is 2. The quantitative estimate of drug-likeness (QED) is 0.814. The van der Waals surface area contributed by atoms with Crippen LogP contribution in [0.3, 0.4) is 0 Å². The Bertz CT molecular complexity index is 723. The molecule has 0 bridgehead atoms. The first-order valence-electron chi connectivity index (χ1n) is 7.31. The fraction of sp³-hybridized carbons (Fsp3) is 0.400. The highest BCUT2D eigenvalue weighted by atomic mass is 32.2. The van der Waals surface area contributed by atoms with Gasteiger partial charge in [-0.3, -0.25) is 15.1 Å². The van der Waals surface area contributed by atoms with Crippen molar-refractivity contribution in [1.82, 2.24) is 30.4 Å². The van der Waals surface area contributed by atoms with Gasteiger partial charge in [-0.25, -0.2) is 4.79 Å². The van der Waals surface area contributed by atoms with Crippen molar-refractivity contribution in [3.8, 4) is 11.4 Å². The minimum atomic E-state index is -0.511. The molecule has 8 nitrogen and oxygen atoms in total. The fourth-order valence-electron chi connectivity index (χ4n) is 1.86. The van der Waals surface area contributed by atoms with Gasteiger partial charge in [0.25, 0.3) is 0 Å². The van der Waals surface area contributed by atoms with Crippen molar-refractivity contribution in [2.24, 2.45) is 7.05 Å². The molecule has 0 aromatic carbocycles. The van der Waals surface area contributed by atoms with Gasteiger partial charge >= 0.3 is 6.03 Å². The summed E-state index contributed by atoms with van der Waals surface area (Å²) in [4.78, 5) is 27.5. The molecule has 2 rings (SSSR count). The second kappa shape index (κ2) is 7.43. The number of rotatable bonds is 4. The number of urea groups is 1. The number of hydrogen-bond acceptors (Lipinski definition) is 6. The van der Waals surface area contributed by atoms with Crippen molar-refractivity contribution >= 4 is 23.7 Å². The molecule has 0 saturated carbocycles. The number of nitrogens with zero attached hydrogens (tertiary/aromatic N) is 4. The molecule has 2 aromatic rings. The highest BCUT2D eigenvalue weighted by Crippen LogP contribution is 2.21. The summed E-state index contributed by atoms with van der Waals surface area (Å²) < 4.78 is 1.79. The van der Waals surface area contributed by atoms with Gasteiger partial charge in [-0.2, -0.15) is 0 Å². The zero-order valence-corrected chi connectivity index (χ0v) is 14.8. The molecule has 0 fully saturated rings. The van der Waals surface area contributed by atoms with Crippen LogP contribution in [0.25, 0.3) is 11.4 Å². The maximum Gasteiger partial charge on any atom is 0.321 e. The second-order valence-electron chi connectivity index (χ2n) is 6.14. The number of amides is 3. The van der Waals surface area contributed by atoms with E-state index in [1.54, 1.807) is 17.0 Å². The molecule has 9 heteroatoms. The zero-order chi connectivity index (χ0) is 17.7. The standard InChI is InChI=1S/C15H20N6O2S/c1-15(2,3)18-13(23)17-11(22)9-24-14-20-19-12(21(14)4)10-5-7-16-8-6-10/h5-8H,9H2,1-4H3,(H2,17,18,22,23). The molecule has 2 heterocycles. The lowest BCUT2D eigenvalue weighted by Crippen LogP contribution is -2.48. The Morgan fingerprint density at radius 2 is 1.88 bits per heavy atom. The average Bonchev–Trinajstić information content (AvgIpc) is 2.85. The summed E-state index contributed by atoms with van der Waals surface area (Å²) in [6.07, 6.45) is 3.36. The van der Waals surface area contributed by atoms with Crippen LogP contribution in [0.4, 0.5) is 4.79 Å². The number of nitrogens with one attached hydrogen (secondary N) is 2. The first-order valence-corrected chi connectivity index (χ1v) is 8.29. The Labute approximate surface area is 144 Å². The molecule has 0 radical (unpaired) electrons. The van der Waals surface area contributed by atoms with Crippen molar-refractivity contribution in [1.29, 1.82) is 0 Å². The Balaban J connectivity index is 1.92.